The molecule has 1 heterocycles. The number of nitrogens with one attached hydrogen (secondary N) is 3. The number of carbonyl (C=O) groups is 1. The first kappa shape index (κ1) is 22.0. The minimum Gasteiger partial charge on any atom is -0.356 e. The van der Waals surface area contributed by atoms with E-state index in [1.165, 1.54) is 0 Å². The average Bonchev–Trinajstić information content (AvgIpc) is 3.13. The number of aromatic nitrogens is 3. The highest BCUT2D eigenvalue weighted by molar-refractivity contribution is 5.94. The Morgan fingerprint density at radius 1 is 1.03 bits per heavy atom. The number of benzene rings is 2. The Kier molecular flexibility index (Phi) is 7.75. The highest BCUT2D eigenvalue weighted by Gasteiger charge is 2.07. The van der Waals surface area contributed by atoms with Crippen LogP contribution in [0.5, 0.6) is 0 Å². The van der Waals surface area contributed by atoms with Gasteiger partial charge in [-0.2, -0.15) is 0 Å². The third-order valence-electron chi connectivity index (χ3n) is 4.98. The Morgan fingerprint density at radius 3 is 2.52 bits per heavy atom. The van der Waals surface area contributed by atoms with Crippen LogP contribution in [0.1, 0.15) is 33.1 Å². The number of amides is 1. The largest absolute Gasteiger partial charge is 0.356 e. The molecule has 0 fully saturated rings. The van der Waals surface area contributed by atoms with E-state index in [1.54, 1.807) is 7.05 Å². The molecule has 0 radical (unpaired) electrons. The first-order chi connectivity index (χ1) is 15.1. The van der Waals surface area contributed by atoms with Crippen molar-refractivity contribution in [3.05, 3.63) is 82.9 Å². The van der Waals surface area contributed by atoms with E-state index in [1.807, 2.05) is 61.0 Å². The Hall–Kier alpha value is -3.68. The number of guanidine groups is 1. The zero-order chi connectivity index (χ0) is 22.1. The summed E-state index contributed by atoms with van der Waals surface area (Å²) >= 11 is 0. The van der Waals surface area contributed by atoms with E-state index < -0.39 is 0 Å². The Labute approximate surface area is 182 Å². The molecule has 0 atom stereocenters. The van der Waals surface area contributed by atoms with Gasteiger partial charge < -0.3 is 20.5 Å². The Balaban J connectivity index is 1.63. The van der Waals surface area contributed by atoms with Gasteiger partial charge in [-0.15, -0.1) is 10.2 Å². The quantitative estimate of drug-likeness (QED) is 0.383. The van der Waals surface area contributed by atoms with Crippen LogP contribution in [0, 0.1) is 6.92 Å². The molecule has 2 aromatic carbocycles. The zero-order valence-electron chi connectivity index (χ0n) is 18.2. The maximum absolute atomic E-state index is 11.8. The van der Waals surface area contributed by atoms with Gasteiger partial charge in [0.05, 0.1) is 13.1 Å². The molecule has 0 aliphatic heterocycles. The summed E-state index contributed by atoms with van der Waals surface area (Å²) < 4.78 is 1.95. The predicted molar refractivity (Wildman–Crippen MR) is 122 cm³/mol. The highest BCUT2D eigenvalue weighted by Crippen LogP contribution is 2.06. The molecule has 0 bridgehead atoms. The maximum Gasteiger partial charge on any atom is 0.251 e. The fraction of sp³-hybridized carbons (Fsp3) is 0.304. The monoisotopic (exact) mass is 419 g/mol. The van der Waals surface area contributed by atoms with Gasteiger partial charge in [0.1, 0.15) is 5.82 Å². The number of nitrogens with zero attached hydrogens (tertiary/aromatic N) is 4. The Bertz CT molecular complexity index is 1030. The number of rotatable bonds is 8. The molecular formula is C23H29N7O. The summed E-state index contributed by atoms with van der Waals surface area (Å²) in [4.78, 5) is 16.6. The molecule has 0 spiro atoms. The molecule has 162 valence electrons. The van der Waals surface area contributed by atoms with Crippen LogP contribution < -0.4 is 16.0 Å². The lowest BCUT2D eigenvalue weighted by molar-refractivity contribution is 0.0963. The average molecular weight is 420 g/mol. The summed E-state index contributed by atoms with van der Waals surface area (Å²) in [6, 6.07) is 17.8. The van der Waals surface area contributed by atoms with Crippen molar-refractivity contribution in [1.29, 1.82) is 0 Å². The lowest BCUT2D eigenvalue weighted by Crippen LogP contribution is -2.38. The molecule has 8 heteroatoms. The second kappa shape index (κ2) is 10.9. The number of carbonyl (C=O) groups excluding carboxylic acids is 1. The standard InChI is InChI=1S/C23H29N7O/c1-17-28-29-21(30(17)3)16-27-23(26-15-19-8-5-4-6-9-19)25-13-12-18-10-7-11-20(14-18)22(31)24-2/h4-11,14H,12-13,15-16H2,1-3H3,(H,24,31)(H2,25,26,27). The zero-order valence-corrected chi connectivity index (χ0v) is 18.2. The molecule has 1 aromatic heterocycles. The molecule has 0 unspecified atom stereocenters. The summed E-state index contributed by atoms with van der Waals surface area (Å²) in [5, 5.41) is 17.7. The minimum atomic E-state index is -0.0828. The van der Waals surface area contributed by atoms with Crippen LogP contribution >= 0.6 is 0 Å². The fourth-order valence-corrected chi connectivity index (χ4v) is 3.03. The smallest absolute Gasteiger partial charge is 0.251 e. The molecule has 0 saturated heterocycles. The molecule has 8 nitrogen and oxygen atoms in total. The van der Waals surface area contributed by atoms with Gasteiger partial charge >= 0.3 is 0 Å². The van der Waals surface area contributed by atoms with E-state index in [9.17, 15) is 4.79 Å². The lowest BCUT2D eigenvalue weighted by Gasteiger charge is -2.13. The van der Waals surface area contributed by atoms with E-state index in [0.717, 1.165) is 29.2 Å². The normalized spacial score (nSPS) is 11.3. The molecule has 3 N–H and O–H groups in total. The first-order valence-electron chi connectivity index (χ1n) is 10.3. The van der Waals surface area contributed by atoms with E-state index in [4.69, 9.17) is 4.99 Å². The molecular weight excluding hydrogens is 390 g/mol. The summed E-state index contributed by atoms with van der Waals surface area (Å²) in [6.07, 6.45) is 0.764. The number of hydrogen-bond acceptors (Lipinski definition) is 4. The van der Waals surface area contributed by atoms with Crippen molar-refractivity contribution in [3.8, 4) is 0 Å². The maximum atomic E-state index is 11.8. The molecule has 31 heavy (non-hydrogen) atoms. The van der Waals surface area contributed by atoms with Gasteiger partial charge in [-0.3, -0.25) is 4.79 Å². The molecule has 1 amide bonds. The van der Waals surface area contributed by atoms with E-state index in [0.29, 0.717) is 31.2 Å². The van der Waals surface area contributed by atoms with Gasteiger partial charge in [0.2, 0.25) is 0 Å². The van der Waals surface area contributed by atoms with E-state index in [2.05, 4.69) is 38.3 Å². The van der Waals surface area contributed by atoms with Crippen molar-refractivity contribution in [3.63, 3.8) is 0 Å². The van der Waals surface area contributed by atoms with Crippen molar-refractivity contribution in [1.82, 2.24) is 30.7 Å². The van der Waals surface area contributed by atoms with Crippen molar-refractivity contribution >= 4 is 11.9 Å². The third kappa shape index (κ3) is 6.40. The highest BCUT2D eigenvalue weighted by atomic mass is 16.1. The van der Waals surface area contributed by atoms with Gasteiger partial charge in [0.25, 0.3) is 5.91 Å². The SMILES string of the molecule is CNC(=O)c1cccc(CCNC(=NCc2ccccc2)NCc2nnc(C)n2C)c1. The van der Waals surface area contributed by atoms with E-state index >= 15 is 0 Å². The summed E-state index contributed by atoms with van der Waals surface area (Å²) in [5.74, 6) is 2.32. The second-order valence-corrected chi connectivity index (χ2v) is 7.18. The van der Waals surface area contributed by atoms with Gasteiger partial charge in [0.15, 0.2) is 11.8 Å². The number of hydrogen-bond donors (Lipinski definition) is 3. The van der Waals surface area contributed by atoms with Crippen LogP contribution in [0.25, 0.3) is 0 Å². The van der Waals surface area contributed by atoms with Crippen molar-refractivity contribution in [2.75, 3.05) is 13.6 Å². The second-order valence-electron chi connectivity index (χ2n) is 7.18. The van der Waals surface area contributed by atoms with Crippen LogP contribution in [-0.4, -0.2) is 40.2 Å². The van der Waals surface area contributed by atoms with Crippen LogP contribution in [0.2, 0.25) is 0 Å². The Morgan fingerprint density at radius 2 is 1.81 bits per heavy atom. The predicted octanol–water partition coefficient (Wildman–Crippen LogP) is 1.96. The van der Waals surface area contributed by atoms with Crippen LogP contribution in [0.4, 0.5) is 0 Å². The molecule has 0 saturated carbocycles. The molecule has 0 aliphatic rings. The van der Waals surface area contributed by atoms with Crippen LogP contribution in [0.3, 0.4) is 0 Å². The van der Waals surface area contributed by atoms with Crippen molar-refractivity contribution in [2.45, 2.75) is 26.4 Å². The lowest BCUT2D eigenvalue weighted by atomic mass is 10.1. The fourth-order valence-electron chi connectivity index (χ4n) is 3.03. The number of aryl methyl sites for hydroxylation is 1. The summed E-state index contributed by atoms with van der Waals surface area (Å²) in [7, 11) is 3.58. The van der Waals surface area contributed by atoms with Crippen molar-refractivity contribution < 1.29 is 4.79 Å². The number of aliphatic imine (C=N–C) groups is 1. The van der Waals surface area contributed by atoms with Crippen LogP contribution in [-0.2, 0) is 26.6 Å². The third-order valence-corrected chi connectivity index (χ3v) is 4.98. The van der Waals surface area contributed by atoms with Crippen molar-refractivity contribution in [2.24, 2.45) is 12.0 Å². The minimum absolute atomic E-state index is 0.0828. The molecule has 3 rings (SSSR count). The van der Waals surface area contributed by atoms with Gasteiger partial charge in [-0.25, -0.2) is 4.99 Å². The topological polar surface area (TPSA) is 96.2 Å². The molecule has 0 aliphatic carbocycles. The molecule has 3 aromatic rings. The summed E-state index contributed by atoms with van der Waals surface area (Å²) in [5.41, 5.74) is 2.88. The van der Waals surface area contributed by atoms with Crippen LogP contribution in [0.15, 0.2) is 59.6 Å². The van der Waals surface area contributed by atoms with Gasteiger partial charge in [-0.05, 0) is 36.6 Å². The summed E-state index contributed by atoms with van der Waals surface area (Å²) in [6.45, 7) is 3.69. The van der Waals surface area contributed by atoms with Gasteiger partial charge in [0, 0.05) is 26.2 Å². The first-order valence-corrected chi connectivity index (χ1v) is 10.3. The van der Waals surface area contributed by atoms with E-state index in [-0.39, 0.29) is 5.91 Å². The van der Waals surface area contributed by atoms with Gasteiger partial charge in [-0.1, -0.05) is 42.5 Å².